The highest BCUT2D eigenvalue weighted by Gasteiger charge is 2.35. The minimum absolute atomic E-state index is 0.0947. The van der Waals surface area contributed by atoms with Gasteiger partial charge in [-0.05, 0) is 36.4 Å². The van der Waals surface area contributed by atoms with Crippen molar-refractivity contribution in [3.05, 3.63) is 52.9 Å². The highest BCUT2D eigenvalue weighted by atomic mass is 32.1. The maximum Gasteiger partial charge on any atom is 0.270 e. The summed E-state index contributed by atoms with van der Waals surface area (Å²) in [5.41, 5.74) is 0.667. The lowest BCUT2D eigenvalue weighted by atomic mass is 10.1. The van der Waals surface area contributed by atoms with Crippen molar-refractivity contribution in [2.24, 2.45) is 0 Å². The number of thiophene rings is 1. The molecule has 8 heteroatoms. The average molecular weight is 442 g/mol. The standard InChI is InChI=1S/C22H23N3O3S2/c1-3-14(4-2)24-20(26)17-13-25(15-8-5-6-9-16(15)28-17)22(27)19-12-23-21(30-19)18-10-7-11-29-18/h5-12,14,17H,3-4,13H2,1-2H3,(H,24,26). The van der Waals surface area contributed by atoms with Gasteiger partial charge in [0, 0.05) is 6.04 Å². The summed E-state index contributed by atoms with van der Waals surface area (Å²) in [7, 11) is 0. The van der Waals surface area contributed by atoms with Crippen molar-refractivity contribution in [2.45, 2.75) is 38.8 Å². The topological polar surface area (TPSA) is 71.5 Å². The van der Waals surface area contributed by atoms with Gasteiger partial charge in [0.2, 0.25) is 0 Å². The predicted molar refractivity (Wildman–Crippen MR) is 120 cm³/mol. The molecule has 1 aliphatic rings. The van der Waals surface area contributed by atoms with Crippen LogP contribution in [0.1, 0.15) is 36.4 Å². The summed E-state index contributed by atoms with van der Waals surface area (Å²) in [5, 5.41) is 5.83. The normalized spacial score (nSPS) is 15.6. The van der Waals surface area contributed by atoms with Gasteiger partial charge in [0.05, 0.1) is 23.3 Å². The lowest BCUT2D eigenvalue weighted by molar-refractivity contribution is -0.128. The molecular formula is C22H23N3O3S2. The van der Waals surface area contributed by atoms with Crippen LogP contribution in [0, 0.1) is 0 Å². The fourth-order valence-electron chi connectivity index (χ4n) is 3.37. The Morgan fingerprint density at radius 3 is 2.77 bits per heavy atom. The Bertz CT molecular complexity index is 1030. The van der Waals surface area contributed by atoms with E-state index in [1.165, 1.54) is 11.3 Å². The molecule has 1 atom stereocenters. The van der Waals surface area contributed by atoms with Crippen LogP contribution in [0.4, 0.5) is 5.69 Å². The van der Waals surface area contributed by atoms with Crippen LogP contribution in [0.15, 0.2) is 48.0 Å². The second-order valence-electron chi connectivity index (χ2n) is 7.02. The summed E-state index contributed by atoms with van der Waals surface area (Å²) in [5.74, 6) is 0.163. The van der Waals surface area contributed by atoms with Crippen molar-refractivity contribution in [3.8, 4) is 15.6 Å². The molecule has 2 amide bonds. The number of thiazole rings is 1. The number of anilines is 1. The number of aromatic nitrogens is 1. The molecule has 30 heavy (non-hydrogen) atoms. The monoisotopic (exact) mass is 441 g/mol. The minimum Gasteiger partial charge on any atom is -0.477 e. The molecule has 0 spiro atoms. The largest absolute Gasteiger partial charge is 0.477 e. The van der Waals surface area contributed by atoms with Crippen LogP contribution in [0.3, 0.4) is 0 Å². The first-order valence-corrected chi connectivity index (χ1v) is 11.7. The van der Waals surface area contributed by atoms with E-state index in [9.17, 15) is 9.59 Å². The number of nitrogens with one attached hydrogen (secondary N) is 1. The van der Waals surface area contributed by atoms with Gasteiger partial charge in [-0.15, -0.1) is 22.7 Å². The van der Waals surface area contributed by atoms with E-state index in [1.807, 2.05) is 49.6 Å². The lowest BCUT2D eigenvalue weighted by Gasteiger charge is -2.34. The van der Waals surface area contributed by atoms with Crippen molar-refractivity contribution >= 4 is 40.2 Å². The quantitative estimate of drug-likeness (QED) is 0.608. The predicted octanol–water partition coefficient (Wildman–Crippen LogP) is 4.58. The van der Waals surface area contributed by atoms with E-state index in [-0.39, 0.29) is 24.4 Å². The third-order valence-corrected chi connectivity index (χ3v) is 7.12. The highest BCUT2D eigenvalue weighted by Crippen LogP contribution is 2.36. The molecule has 0 aliphatic carbocycles. The van der Waals surface area contributed by atoms with Crippen molar-refractivity contribution in [1.82, 2.24) is 10.3 Å². The molecule has 1 aliphatic heterocycles. The van der Waals surface area contributed by atoms with Gasteiger partial charge >= 0.3 is 0 Å². The SMILES string of the molecule is CCC(CC)NC(=O)C1CN(C(=O)c2cnc(-c3cccs3)s2)c2ccccc2O1. The number of rotatable bonds is 6. The summed E-state index contributed by atoms with van der Waals surface area (Å²) < 4.78 is 5.95. The van der Waals surface area contributed by atoms with Gasteiger partial charge < -0.3 is 10.1 Å². The summed E-state index contributed by atoms with van der Waals surface area (Å²) >= 11 is 2.95. The number of para-hydroxylation sites is 2. The van der Waals surface area contributed by atoms with E-state index in [4.69, 9.17) is 4.74 Å². The molecule has 156 valence electrons. The Hall–Kier alpha value is -2.71. The summed E-state index contributed by atoms with van der Waals surface area (Å²) in [6.07, 6.45) is 2.55. The Morgan fingerprint density at radius 1 is 1.23 bits per heavy atom. The third-order valence-electron chi connectivity index (χ3n) is 5.09. The highest BCUT2D eigenvalue weighted by molar-refractivity contribution is 7.22. The Morgan fingerprint density at radius 2 is 2.03 bits per heavy atom. The molecular weight excluding hydrogens is 418 g/mol. The molecule has 2 aromatic heterocycles. The number of hydrogen-bond acceptors (Lipinski definition) is 6. The first-order chi connectivity index (χ1) is 14.6. The number of amides is 2. The zero-order valence-electron chi connectivity index (χ0n) is 16.8. The molecule has 0 bridgehead atoms. The molecule has 0 saturated carbocycles. The summed E-state index contributed by atoms with van der Waals surface area (Å²) in [6, 6.07) is 11.4. The van der Waals surface area contributed by atoms with Gasteiger partial charge in [-0.2, -0.15) is 0 Å². The number of benzene rings is 1. The van der Waals surface area contributed by atoms with Gasteiger partial charge in [0.25, 0.3) is 11.8 Å². The average Bonchev–Trinajstić information content (AvgIpc) is 3.48. The summed E-state index contributed by atoms with van der Waals surface area (Å²) in [4.78, 5) is 33.8. The maximum atomic E-state index is 13.4. The van der Waals surface area contributed by atoms with Crippen LogP contribution in [0.5, 0.6) is 5.75 Å². The number of carbonyl (C=O) groups is 2. The number of hydrogen-bond donors (Lipinski definition) is 1. The van der Waals surface area contributed by atoms with Crippen molar-refractivity contribution in [1.29, 1.82) is 0 Å². The molecule has 0 fully saturated rings. The number of fused-ring (bicyclic) bond motifs is 1. The second kappa shape index (κ2) is 8.97. The van der Waals surface area contributed by atoms with Crippen LogP contribution in [-0.4, -0.2) is 35.5 Å². The van der Waals surface area contributed by atoms with Crippen LogP contribution < -0.4 is 15.0 Å². The first-order valence-electron chi connectivity index (χ1n) is 9.98. The molecule has 1 N–H and O–H groups in total. The molecule has 0 radical (unpaired) electrons. The van der Waals surface area contributed by atoms with Crippen molar-refractivity contribution in [3.63, 3.8) is 0 Å². The number of carbonyl (C=O) groups excluding carboxylic acids is 2. The molecule has 1 unspecified atom stereocenters. The van der Waals surface area contributed by atoms with E-state index >= 15 is 0 Å². The van der Waals surface area contributed by atoms with Crippen LogP contribution in [0.25, 0.3) is 9.88 Å². The molecule has 3 aromatic rings. The Kier molecular flexibility index (Phi) is 6.15. The number of ether oxygens (including phenoxy) is 1. The Labute approximate surface area is 183 Å². The van der Waals surface area contributed by atoms with Gasteiger partial charge in [-0.3, -0.25) is 14.5 Å². The van der Waals surface area contributed by atoms with E-state index in [1.54, 1.807) is 28.5 Å². The summed E-state index contributed by atoms with van der Waals surface area (Å²) in [6.45, 7) is 4.24. The zero-order chi connectivity index (χ0) is 21.1. The van der Waals surface area contributed by atoms with E-state index in [0.717, 1.165) is 22.7 Å². The third kappa shape index (κ3) is 4.11. The molecule has 4 rings (SSSR count). The first kappa shape index (κ1) is 20.6. The van der Waals surface area contributed by atoms with Gasteiger partial charge in [0.1, 0.15) is 15.6 Å². The Balaban J connectivity index is 1.59. The maximum absolute atomic E-state index is 13.4. The zero-order valence-corrected chi connectivity index (χ0v) is 18.5. The fraction of sp³-hybridized carbons (Fsp3) is 0.318. The second-order valence-corrected chi connectivity index (χ2v) is 9.00. The van der Waals surface area contributed by atoms with Crippen molar-refractivity contribution in [2.75, 3.05) is 11.4 Å². The van der Waals surface area contributed by atoms with Crippen LogP contribution in [-0.2, 0) is 4.79 Å². The fourth-order valence-corrected chi connectivity index (χ4v) is 5.04. The van der Waals surface area contributed by atoms with Gasteiger partial charge in [-0.25, -0.2) is 4.98 Å². The van der Waals surface area contributed by atoms with Crippen LogP contribution in [0.2, 0.25) is 0 Å². The van der Waals surface area contributed by atoms with E-state index in [2.05, 4.69) is 10.3 Å². The smallest absolute Gasteiger partial charge is 0.270 e. The number of nitrogens with zero attached hydrogens (tertiary/aromatic N) is 2. The molecule has 1 aromatic carbocycles. The van der Waals surface area contributed by atoms with E-state index < -0.39 is 6.10 Å². The van der Waals surface area contributed by atoms with E-state index in [0.29, 0.717) is 16.3 Å². The molecule has 0 saturated heterocycles. The molecule has 3 heterocycles. The van der Waals surface area contributed by atoms with Crippen LogP contribution >= 0.6 is 22.7 Å². The molecule has 6 nitrogen and oxygen atoms in total. The minimum atomic E-state index is -0.755. The lowest BCUT2D eigenvalue weighted by Crippen LogP contribution is -2.52. The van der Waals surface area contributed by atoms with Crippen molar-refractivity contribution < 1.29 is 14.3 Å². The van der Waals surface area contributed by atoms with Gasteiger partial charge in [-0.1, -0.05) is 32.0 Å². The van der Waals surface area contributed by atoms with Gasteiger partial charge in [0.15, 0.2) is 6.10 Å².